The molecule has 0 radical (unpaired) electrons. The van der Waals surface area contributed by atoms with Crippen LogP contribution in [0.5, 0.6) is 0 Å². The zero-order valence-corrected chi connectivity index (χ0v) is 7.66. The molecule has 70 valence electrons. The fourth-order valence-electron chi connectivity index (χ4n) is 1.71. The Hall–Kier alpha value is -1.64. The number of H-pyrrole nitrogens is 1. The molecule has 2 aromatic heterocycles. The quantitative estimate of drug-likeness (QED) is 0.738. The molecule has 1 aliphatic carbocycles. The maximum absolute atomic E-state index is 11.7. The minimum absolute atomic E-state index is 0.0775. The highest BCUT2D eigenvalue weighted by molar-refractivity contribution is 5.74. The van der Waals surface area contributed by atoms with Gasteiger partial charge in [0.1, 0.15) is 5.65 Å². The molecular weight excluding hydrogens is 176 g/mol. The SMILES string of the molecule is O=c1cc(C2CC2)[nH]c2ncccc12. The van der Waals surface area contributed by atoms with E-state index in [0.29, 0.717) is 17.0 Å². The number of aromatic amines is 1. The van der Waals surface area contributed by atoms with Crippen LogP contribution < -0.4 is 5.43 Å². The Morgan fingerprint density at radius 1 is 1.43 bits per heavy atom. The van der Waals surface area contributed by atoms with Crippen molar-refractivity contribution in [2.45, 2.75) is 18.8 Å². The first-order chi connectivity index (χ1) is 6.84. The standard InChI is InChI=1S/C11H10N2O/c14-10-6-9(7-3-4-7)13-11-8(10)2-1-5-12-11/h1-2,5-7H,3-4H2,(H,12,13,14). The lowest BCUT2D eigenvalue weighted by atomic mass is 10.2. The van der Waals surface area contributed by atoms with Gasteiger partial charge in [0.2, 0.25) is 0 Å². The van der Waals surface area contributed by atoms with Crippen LogP contribution in [0.2, 0.25) is 0 Å². The third-order valence-electron chi connectivity index (χ3n) is 2.64. The van der Waals surface area contributed by atoms with Crippen LogP contribution in [-0.2, 0) is 0 Å². The van der Waals surface area contributed by atoms with E-state index < -0.39 is 0 Å². The van der Waals surface area contributed by atoms with E-state index in [1.165, 1.54) is 12.8 Å². The summed E-state index contributed by atoms with van der Waals surface area (Å²) in [7, 11) is 0. The van der Waals surface area contributed by atoms with Gasteiger partial charge in [-0.2, -0.15) is 0 Å². The van der Waals surface area contributed by atoms with Gasteiger partial charge < -0.3 is 4.98 Å². The molecule has 2 aromatic rings. The number of aromatic nitrogens is 2. The first-order valence-corrected chi connectivity index (χ1v) is 4.82. The van der Waals surface area contributed by atoms with Gasteiger partial charge in [-0.3, -0.25) is 4.79 Å². The summed E-state index contributed by atoms with van der Waals surface area (Å²) in [6.07, 6.45) is 4.08. The average molecular weight is 186 g/mol. The molecule has 1 aliphatic rings. The van der Waals surface area contributed by atoms with Crippen molar-refractivity contribution in [3.63, 3.8) is 0 Å². The van der Waals surface area contributed by atoms with Gasteiger partial charge in [-0.25, -0.2) is 4.98 Å². The first-order valence-electron chi connectivity index (χ1n) is 4.82. The lowest BCUT2D eigenvalue weighted by Crippen LogP contribution is -2.05. The lowest BCUT2D eigenvalue weighted by molar-refractivity contribution is 1.03. The number of fused-ring (bicyclic) bond motifs is 1. The summed E-state index contributed by atoms with van der Waals surface area (Å²) in [5.74, 6) is 0.564. The molecule has 0 amide bonds. The predicted molar refractivity (Wildman–Crippen MR) is 54.3 cm³/mol. The number of nitrogens with one attached hydrogen (secondary N) is 1. The summed E-state index contributed by atoms with van der Waals surface area (Å²) in [5, 5.41) is 0.678. The van der Waals surface area contributed by atoms with Crippen LogP contribution in [0.3, 0.4) is 0 Å². The minimum atomic E-state index is 0.0775. The number of hydrogen-bond donors (Lipinski definition) is 1. The molecule has 0 saturated heterocycles. The van der Waals surface area contributed by atoms with Gasteiger partial charge in [-0.15, -0.1) is 0 Å². The van der Waals surface area contributed by atoms with E-state index in [1.807, 2.05) is 0 Å². The summed E-state index contributed by atoms with van der Waals surface area (Å²) >= 11 is 0. The molecule has 2 heterocycles. The van der Waals surface area contributed by atoms with Gasteiger partial charge in [0, 0.05) is 18.0 Å². The summed E-state index contributed by atoms with van der Waals surface area (Å²) < 4.78 is 0. The third-order valence-corrected chi connectivity index (χ3v) is 2.64. The van der Waals surface area contributed by atoms with Crippen molar-refractivity contribution in [2.75, 3.05) is 0 Å². The highest BCUT2D eigenvalue weighted by Crippen LogP contribution is 2.38. The fraction of sp³-hybridized carbons (Fsp3) is 0.273. The van der Waals surface area contributed by atoms with Crippen molar-refractivity contribution in [3.05, 3.63) is 40.3 Å². The molecule has 0 aliphatic heterocycles. The van der Waals surface area contributed by atoms with Gasteiger partial charge in [-0.05, 0) is 30.9 Å². The highest BCUT2D eigenvalue weighted by Gasteiger charge is 2.24. The summed E-state index contributed by atoms with van der Waals surface area (Å²) in [6, 6.07) is 5.30. The van der Waals surface area contributed by atoms with Crippen molar-refractivity contribution in [1.82, 2.24) is 9.97 Å². The van der Waals surface area contributed by atoms with Crippen molar-refractivity contribution < 1.29 is 0 Å². The Morgan fingerprint density at radius 2 is 2.29 bits per heavy atom. The monoisotopic (exact) mass is 186 g/mol. The van der Waals surface area contributed by atoms with E-state index in [-0.39, 0.29) is 5.43 Å². The molecule has 1 N–H and O–H groups in total. The van der Waals surface area contributed by atoms with E-state index in [9.17, 15) is 4.79 Å². The van der Waals surface area contributed by atoms with Crippen molar-refractivity contribution in [1.29, 1.82) is 0 Å². The Morgan fingerprint density at radius 3 is 3.07 bits per heavy atom. The van der Waals surface area contributed by atoms with Gasteiger partial charge in [0.05, 0.1) is 5.39 Å². The topological polar surface area (TPSA) is 45.8 Å². The molecule has 14 heavy (non-hydrogen) atoms. The van der Waals surface area contributed by atoms with E-state index in [2.05, 4.69) is 9.97 Å². The minimum Gasteiger partial charge on any atom is -0.343 e. The van der Waals surface area contributed by atoms with E-state index in [1.54, 1.807) is 24.4 Å². The number of pyridine rings is 2. The second kappa shape index (κ2) is 2.67. The van der Waals surface area contributed by atoms with Crippen molar-refractivity contribution >= 4 is 11.0 Å². The van der Waals surface area contributed by atoms with Crippen LogP contribution in [0.25, 0.3) is 11.0 Å². The van der Waals surface area contributed by atoms with Crippen LogP contribution in [-0.4, -0.2) is 9.97 Å². The number of nitrogens with zero attached hydrogens (tertiary/aromatic N) is 1. The summed E-state index contributed by atoms with van der Waals surface area (Å²) in [5.41, 5.74) is 1.83. The van der Waals surface area contributed by atoms with Gasteiger partial charge in [0.15, 0.2) is 5.43 Å². The van der Waals surface area contributed by atoms with Crippen LogP contribution in [0.15, 0.2) is 29.2 Å². The van der Waals surface area contributed by atoms with Crippen LogP contribution in [0.1, 0.15) is 24.5 Å². The van der Waals surface area contributed by atoms with Gasteiger partial charge in [-0.1, -0.05) is 0 Å². The zero-order chi connectivity index (χ0) is 9.54. The van der Waals surface area contributed by atoms with E-state index in [0.717, 1.165) is 5.69 Å². The maximum Gasteiger partial charge on any atom is 0.191 e. The number of rotatable bonds is 1. The van der Waals surface area contributed by atoms with Crippen LogP contribution >= 0.6 is 0 Å². The second-order valence-electron chi connectivity index (χ2n) is 3.76. The Bertz CT molecular complexity index is 540. The predicted octanol–water partition coefficient (Wildman–Crippen LogP) is 1.80. The Labute approximate surface area is 80.8 Å². The molecule has 0 bridgehead atoms. The lowest BCUT2D eigenvalue weighted by Gasteiger charge is -2.00. The first kappa shape index (κ1) is 7.74. The molecular formula is C11H10N2O. The number of hydrogen-bond acceptors (Lipinski definition) is 2. The molecule has 3 nitrogen and oxygen atoms in total. The van der Waals surface area contributed by atoms with Crippen LogP contribution in [0, 0.1) is 0 Å². The summed E-state index contributed by atoms with van der Waals surface area (Å²) in [4.78, 5) is 19.0. The van der Waals surface area contributed by atoms with Gasteiger partial charge in [0.25, 0.3) is 0 Å². The summed E-state index contributed by atoms with van der Waals surface area (Å²) in [6.45, 7) is 0. The highest BCUT2D eigenvalue weighted by atomic mass is 16.1. The Balaban J connectivity index is 2.33. The molecule has 1 saturated carbocycles. The average Bonchev–Trinajstić information content (AvgIpc) is 3.01. The molecule has 0 atom stereocenters. The zero-order valence-electron chi connectivity index (χ0n) is 7.66. The molecule has 3 rings (SSSR count). The van der Waals surface area contributed by atoms with Crippen molar-refractivity contribution in [2.24, 2.45) is 0 Å². The molecule has 0 spiro atoms. The molecule has 1 fully saturated rings. The van der Waals surface area contributed by atoms with Gasteiger partial charge >= 0.3 is 0 Å². The van der Waals surface area contributed by atoms with Crippen molar-refractivity contribution in [3.8, 4) is 0 Å². The Kier molecular flexibility index (Phi) is 1.48. The maximum atomic E-state index is 11.7. The molecule has 0 unspecified atom stereocenters. The second-order valence-corrected chi connectivity index (χ2v) is 3.76. The fourth-order valence-corrected chi connectivity index (χ4v) is 1.71. The van der Waals surface area contributed by atoms with Crippen LogP contribution in [0.4, 0.5) is 0 Å². The normalized spacial score (nSPS) is 16.0. The third kappa shape index (κ3) is 1.13. The van der Waals surface area contributed by atoms with E-state index >= 15 is 0 Å². The largest absolute Gasteiger partial charge is 0.343 e. The van der Waals surface area contributed by atoms with E-state index in [4.69, 9.17) is 0 Å². The molecule has 0 aromatic carbocycles. The smallest absolute Gasteiger partial charge is 0.191 e. The molecule has 3 heteroatoms.